The van der Waals surface area contributed by atoms with Crippen LogP contribution in [0.4, 0.5) is 0 Å². The SMILES string of the molecule is CC(C)C[CH]C(=O)N([C@H]1CC(C)(C)CNCC1=O)S(=O)(=O)c1ccccn1. The number of sulfonamides is 1. The van der Waals surface area contributed by atoms with Crippen LogP contribution in [-0.4, -0.2) is 48.5 Å². The third kappa shape index (κ3) is 5.35. The molecular weight excluding hydrogens is 366 g/mol. The van der Waals surface area contributed by atoms with E-state index >= 15 is 0 Å². The second-order valence-electron chi connectivity index (χ2n) is 8.09. The molecule has 1 aliphatic heterocycles. The number of amides is 1. The van der Waals surface area contributed by atoms with Crippen LogP contribution in [0.5, 0.6) is 0 Å². The largest absolute Gasteiger partial charge is 0.309 e. The number of nitrogens with one attached hydrogen (secondary N) is 1. The van der Waals surface area contributed by atoms with E-state index in [2.05, 4.69) is 10.3 Å². The number of hydrogen-bond acceptors (Lipinski definition) is 6. The summed E-state index contributed by atoms with van der Waals surface area (Å²) in [5.41, 5.74) is -0.340. The Hall–Kier alpha value is -1.80. The Morgan fingerprint density at radius 3 is 2.70 bits per heavy atom. The first-order valence-electron chi connectivity index (χ1n) is 9.11. The van der Waals surface area contributed by atoms with Crippen LogP contribution in [-0.2, 0) is 19.6 Å². The highest BCUT2D eigenvalue weighted by Crippen LogP contribution is 2.30. The number of ketones is 1. The van der Waals surface area contributed by atoms with Crippen molar-refractivity contribution in [3.05, 3.63) is 30.8 Å². The fourth-order valence-electron chi connectivity index (χ4n) is 3.03. The van der Waals surface area contributed by atoms with Crippen molar-refractivity contribution in [1.82, 2.24) is 14.6 Å². The van der Waals surface area contributed by atoms with Crippen LogP contribution in [0.2, 0.25) is 0 Å². The van der Waals surface area contributed by atoms with Crippen molar-refractivity contribution in [1.29, 1.82) is 0 Å². The topological polar surface area (TPSA) is 96.4 Å². The van der Waals surface area contributed by atoms with Gasteiger partial charge in [-0.05, 0) is 36.3 Å². The van der Waals surface area contributed by atoms with Crippen LogP contribution < -0.4 is 5.32 Å². The predicted octanol–water partition coefficient (Wildman–Crippen LogP) is 1.81. The number of hydrogen-bond donors (Lipinski definition) is 1. The lowest BCUT2D eigenvalue weighted by Gasteiger charge is -2.33. The van der Waals surface area contributed by atoms with E-state index in [-0.39, 0.29) is 35.1 Å². The maximum Gasteiger partial charge on any atom is 0.284 e. The minimum Gasteiger partial charge on any atom is -0.309 e. The van der Waals surface area contributed by atoms with Gasteiger partial charge in [0.2, 0.25) is 5.91 Å². The number of Topliss-reactive ketones (excluding diaryl/α,β-unsaturated/α-hetero) is 1. The van der Waals surface area contributed by atoms with Crippen LogP contribution >= 0.6 is 0 Å². The Kier molecular flexibility index (Phi) is 6.75. The number of pyridine rings is 1. The Bertz CT molecular complexity index is 775. The van der Waals surface area contributed by atoms with Crippen molar-refractivity contribution in [2.24, 2.45) is 11.3 Å². The zero-order chi connectivity index (χ0) is 20.2. The van der Waals surface area contributed by atoms with E-state index in [1.54, 1.807) is 12.1 Å². The van der Waals surface area contributed by atoms with E-state index in [0.29, 0.717) is 13.0 Å². The summed E-state index contributed by atoms with van der Waals surface area (Å²) >= 11 is 0. The molecule has 1 atom stereocenters. The van der Waals surface area contributed by atoms with Crippen molar-refractivity contribution >= 4 is 21.7 Å². The molecule has 0 bridgehead atoms. The minimum absolute atomic E-state index is 0.0276. The van der Waals surface area contributed by atoms with Gasteiger partial charge in [-0.25, -0.2) is 9.29 Å². The van der Waals surface area contributed by atoms with Gasteiger partial charge >= 0.3 is 0 Å². The van der Waals surface area contributed by atoms with E-state index in [4.69, 9.17) is 0 Å². The molecule has 2 heterocycles. The zero-order valence-electron chi connectivity index (χ0n) is 16.3. The molecule has 0 spiro atoms. The molecule has 0 aromatic carbocycles. The van der Waals surface area contributed by atoms with Crippen molar-refractivity contribution < 1.29 is 18.0 Å². The normalized spacial score (nSPS) is 20.3. The molecule has 1 fully saturated rings. The second kappa shape index (κ2) is 8.48. The summed E-state index contributed by atoms with van der Waals surface area (Å²) in [6.07, 6.45) is 3.39. The van der Waals surface area contributed by atoms with Gasteiger partial charge in [0.25, 0.3) is 10.0 Å². The number of nitrogens with zero attached hydrogens (tertiary/aromatic N) is 2. The monoisotopic (exact) mass is 394 g/mol. The lowest BCUT2D eigenvalue weighted by molar-refractivity contribution is -0.132. The van der Waals surface area contributed by atoms with E-state index in [1.807, 2.05) is 27.7 Å². The molecule has 7 nitrogen and oxygen atoms in total. The predicted molar refractivity (Wildman–Crippen MR) is 102 cm³/mol. The highest BCUT2D eigenvalue weighted by molar-refractivity contribution is 7.89. The Labute approximate surface area is 161 Å². The number of rotatable bonds is 6. The molecule has 1 aliphatic rings. The third-order valence-corrected chi connectivity index (χ3v) is 6.17. The van der Waals surface area contributed by atoms with Crippen LogP contribution in [0.3, 0.4) is 0 Å². The van der Waals surface area contributed by atoms with Gasteiger partial charge in [-0.15, -0.1) is 0 Å². The van der Waals surface area contributed by atoms with Crippen LogP contribution in [0.1, 0.15) is 40.5 Å². The Morgan fingerprint density at radius 1 is 1.41 bits per heavy atom. The molecule has 0 saturated carbocycles. The quantitative estimate of drug-likeness (QED) is 0.790. The van der Waals surface area contributed by atoms with E-state index in [9.17, 15) is 18.0 Å². The average molecular weight is 395 g/mol. The lowest BCUT2D eigenvalue weighted by Crippen LogP contribution is -2.50. The van der Waals surface area contributed by atoms with Gasteiger partial charge in [0.05, 0.1) is 13.0 Å². The number of aromatic nitrogens is 1. The molecule has 8 heteroatoms. The smallest absolute Gasteiger partial charge is 0.284 e. The molecule has 1 aromatic rings. The molecule has 1 N–H and O–H groups in total. The van der Waals surface area contributed by atoms with Crippen LogP contribution in [0.25, 0.3) is 0 Å². The van der Waals surface area contributed by atoms with Gasteiger partial charge in [-0.2, -0.15) is 8.42 Å². The van der Waals surface area contributed by atoms with Crippen molar-refractivity contribution in [3.8, 4) is 0 Å². The zero-order valence-corrected chi connectivity index (χ0v) is 17.1. The van der Waals surface area contributed by atoms with Gasteiger partial charge < -0.3 is 5.32 Å². The summed E-state index contributed by atoms with van der Waals surface area (Å²) in [4.78, 5) is 29.5. The fraction of sp³-hybridized carbons (Fsp3) is 0.579. The highest BCUT2D eigenvalue weighted by atomic mass is 32.2. The summed E-state index contributed by atoms with van der Waals surface area (Å²) in [6.45, 7) is 8.35. The van der Waals surface area contributed by atoms with E-state index in [1.165, 1.54) is 18.7 Å². The maximum atomic E-state index is 13.2. The molecule has 27 heavy (non-hydrogen) atoms. The number of carbonyl (C=O) groups is 2. The molecule has 0 aliphatic carbocycles. The summed E-state index contributed by atoms with van der Waals surface area (Å²) in [6, 6.07) is 3.42. The molecule has 1 saturated heterocycles. The first-order valence-corrected chi connectivity index (χ1v) is 10.5. The maximum absolute atomic E-state index is 13.2. The van der Waals surface area contributed by atoms with Crippen LogP contribution in [0.15, 0.2) is 29.4 Å². The lowest BCUT2D eigenvalue weighted by atomic mass is 9.85. The molecule has 1 radical (unpaired) electrons. The van der Waals surface area contributed by atoms with Crippen molar-refractivity contribution in [3.63, 3.8) is 0 Å². The highest BCUT2D eigenvalue weighted by Gasteiger charge is 2.43. The molecule has 149 valence electrons. The first-order chi connectivity index (χ1) is 12.5. The average Bonchev–Trinajstić information content (AvgIpc) is 2.72. The molecule has 0 unspecified atom stereocenters. The van der Waals surface area contributed by atoms with E-state index in [0.717, 1.165) is 4.31 Å². The summed E-state index contributed by atoms with van der Waals surface area (Å²) in [5, 5.41) is 2.81. The van der Waals surface area contributed by atoms with Gasteiger partial charge in [0.1, 0.15) is 6.04 Å². The van der Waals surface area contributed by atoms with Gasteiger partial charge in [-0.3, -0.25) is 9.59 Å². The van der Waals surface area contributed by atoms with E-state index < -0.39 is 22.0 Å². The third-order valence-electron chi connectivity index (χ3n) is 4.45. The summed E-state index contributed by atoms with van der Waals surface area (Å²) < 4.78 is 27.2. The molecule has 1 amide bonds. The number of carbonyl (C=O) groups excluding carboxylic acids is 2. The van der Waals surface area contributed by atoms with Gasteiger partial charge in [0, 0.05) is 12.7 Å². The molecule has 1 aromatic heterocycles. The van der Waals surface area contributed by atoms with Crippen molar-refractivity contribution in [2.45, 2.75) is 51.6 Å². The molecule has 2 rings (SSSR count). The van der Waals surface area contributed by atoms with Crippen LogP contribution in [0, 0.1) is 17.8 Å². The fourth-order valence-corrected chi connectivity index (χ4v) is 4.52. The standard InChI is InChI=1S/C19H28N3O4S/c1-14(2)8-9-18(24)22(27(25,26)17-7-5-6-10-21-17)15-11-19(3,4)13-20-12-16(15)23/h5-7,9-10,14-15,20H,8,11-13H2,1-4H3/t15-/m0/s1. The van der Waals surface area contributed by atoms with Crippen molar-refractivity contribution in [2.75, 3.05) is 13.1 Å². The molecular formula is C19H28N3O4S. The van der Waals surface area contributed by atoms with Gasteiger partial charge in [0.15, 0.2) is 10.8 Å². The minimum atomic E-state index is -4.25. The first kappa shape index (κ1) is 21.5. The Balaban J connectivity index is 2.49. The van der Waals surface area contributed by atoms with Gasteiger partial charge in [-0.1, -0.05) is 33.8 Å². The second-order valence-corrected chi connectivity index (χ2v) is 9.86. The Morgan fingerprint density at radius 2 is 2.11 bits per heavy atom. The summed E-state index contributed by atoms with van der Waals surface area (Å²) in [7, 11) is -4.25. The summed E-state index contributed by atoms with van der Waals surface area (Å²) in [5.74, 6) is -0.798.